The number of nitrogens with zero attached hydrogens (tertiary/aromatic N) is 3. The smallest absolute Gasteiger partial charge is 0.162 e. The Bertz CT molecular complexity index is 335. The summed E-state index contributed by atoms with van der Waals surface area (Å²) in [5.74, 6) is 0. The molecule has 0 saturated carbocycles. The van der Waals surface area contributed by atoms with Crippen molar-refractivity contribution in [3.05, 3.63) is 18.5 Å². The molecule has 0 unspecified atom stereocenters. The normalized spacial score (nSPS) is 10.8. The van der Waals surface area contributed by atoms with E-state index in [0.717, 1.165) is 0 Å². The molecule has 3 nitrogen and oxygen atoms in total. The zero-order chi connectivity index (χ0) is 9.90. The molecule has 0 fully saturated rings. The van der Waals surface area contributed by atoms with Crippen LogP contribution >= 0.6 is 24.0 Å². The average Bonchev–Trinajstić information content (AvgIpc) is 2.55. The van der Waals surface area contributed by atoms with Gasteiger partial charge in [-0.1, -0.05) is 24.0 Å². The molecule has 68 valence electrons. The molecule has 0 amide bonds. The van der Waals surface area contributed by atoms with Gasteiger partial charge in [-0.3, -0.25) is 0 Å². The number of hydrogen-bond acceptors (Lipinski definition) is 4. The van der Waals surface area contributed by atoms with E-state index >= 15 is 0 Å². The number of thioether (sulfide) groups is 1. The molecule has 1 rings (SSSR count). The molecule has 0 radical (unpaired) electrons. The van der Waals surface area contributed by atoms with E-state index in [1.807, 2.05) is 13.8 Å². The van der Waals surface area contributed by atoms with Crippen molar-refractivity contribution in [1.82, 2.24) is 9.78 Å². The molecule has 0 bridgehead atoms. The second kappa shape index (κ2) is 3.90. The molecule has 0 aromatic carbocycles. The molecule has 0 atom stereocenters. The molecule has 1 heterocycles. The molecule has 1 aromatic rings. The van der Waals surface area contributed by atoms with Crippen molar-refractivity contribution >= 4 is 28.3 Å². The van der Waals surface area contributed by atoms with E-state index in [-0.39, 0.29) is 0 Å². The molecule has 1 aromatic heterocycles. The van der Waals surface area contributed by atoms with Crippen molar-refractivity contribution in [2.75, 3.05) is 0 Å². The van der Waals surface area contributed by atoms with Gasteiger partial charge in [0.25, 0.3) is 0 Å². The summed E-state index contributed by atoms with van der Waals surface area (Å²) in [4.78, 5) is 0. The van der Waals surface area contributed by atoms with Crippen LogP contribution in [0.4, 0.5) is 0 Å². The quantitative estimate of drug-likeness (QED) is 0.667. The zero-order valence-corrected chi connectivity index (χ0v) is 9.02. The van der Waals surface area contributed by atoms with Gasteiger partial charge in [0.1, 0.15) is 4.75 Å². The molecule has 5 heteroatoms. The second-order valence-electron chi connectivity index (χ2n) is 2.94. The van der Waals surface area contributed by atoms with Crippen LogP contribution in [-0.2, 0) is 0 Å². The molecular formula is C8H9N3S2. The van der Waals surface area contributed by atoms with Gasteiger partial charge in [-0.05, 0) is 19.9 Å². The molecule has 0 spiro atoms. The minimum absolute atomic E-state index is 0.497. The molecule has 13 heavy (non-hydrogen) atoms. The second-order valence-corrected chi connectivity index (χ2v) is 5.20. The van der Waals surface area contributed by atoms with Gasteiger partial charge in [0.05, 0.1) is 6.07 Å². The Morgan fingerprint density at radius 2 is 2.38 bits per heavy atom. The fraction of sp³-hybridized carbons (Fsp3) is 0.375. The molecule has 0 aliphatic carbocycles. The summed E-state index contributed by atoms with van der Waals surface area (Å²) >= 11 is 6.43. The highest BCUT2D eigenvalue weighted by atomic mass is 32.2. The number of thiocarbonyl (C=S) groups is 1. The first-order valence-corrected chi connectivity index (χ1v) is 4.92. The van der Waals surface area contributed by atoms with Crippen LogP contribution in [0.1, 0.15) is 13.8 Å². The third kappa shape index (κ3) is 2.83. The van der Waals surface area contributed by atoms with Gasteiger partial charge in [-0.2, -0.15) is 10.4 Å². The zero-order valence-electron chi connectivity index (χ0n) is 7.39. The van der Waals surface area contributed by atoms with Crippen LogP contribution in [0.15, 0.2) is 18.5 Å². The number of nitriles is 1. The van der Waals surface area contributed by atoms with Crippen LogP contribution in [0.5, 0.6) is 0 Å². The highest BCUT2D eigenvalue weighted by Crippen LogP contribution is 2.25. The lowest BCUT2D eigenvalue weighted by atomic mass is 10.2. The van der Waals surface area contributed by atoms with E-state index < -0.39 is 4.75 Å². The van der Waals surface area contributed by atoms with Crippen molar-refractivity contribution in [3.63, 3.8) is 0 Å². The van der Waals surface area contributed by atoms with Crippen molar-refractivity contribution in [3.8, 4) is 6.07 Å². The molecule has 0 aliphatic rings. The van der Waals surface area contributed by atoms with Crippen LogP contribution in [0.2, 0.25) is 0 Å². The lowest BCUT2D eigenvalue weighted by Gasteiger charge is -2.14. The van der Waals surface area contributed by atoms with Crippen LogP contribution in [0, 0.1) is 11.3 Å². The van der Waals surface area contributed by atoms with Crippen molar-refractivity contribution < 1.29 is 0 Å². The maximum atomic E-state index is 8.78. The Balaban J connectivity index is 2.68. The Kier molecular flexibility index (Phi) is 3.07. The first-order chi connectivity index (χ1) is 6.05. The van der Waals surface area contributed by atoms with Crippen LogP contribution in [0.3, 0.4) is 0 Å². The summed E-state index contributed by atoms with van der Waals surface area (Å²) < 4.78 is 1.68. The monoisotopic (exact) mass is 211 g/mol. The van der Waals surface area contributed by atoms with Gasteiger partial charge >= 0.3 is 0 Å². The van der Waals surface area contributed by atoms with E-state index in [9.17, 15) is 0 Å². The van der Waals surface area contributed by atoms with Crippen molar-refractivity contribution in [2.24, 2.45) is 0 Å². The average molecular weight is 211 g/mol. The summed E-state index contributed by atoms with van der Waals surface area (Å²) in [7, 11) is 0. The fourth-order valence-electron chi connectivity index (χ4n) is 0.665. The standard InChI is InChI=1S/C8H9N3S2/c1-8(2,6-9)13-7(12)11-5-3-4-10-11/h3-5H,1-2H3. The number of rotatable bonds is 1. The van der Waals surface area contributed by atoms with E-state index in [1.54, 1.807) is 23.1 Å². The predicted molar refractivity (Wildman–Crippen MR) is 57.5 cm³/mol. The van der Waals surface area contributed by atoms with Gasteiger partial charge in [0.15, 0.2) is 4.32 Å². The van der Waals surface area contributed by atoms with E-state index in [4.69, 9.17) is 17.5 Å². The Labute approximate surface area is 86.7 Å². The lowest BCUT2D eigenvalue weighted by molar-refractivity contribution is 0.914. The molecule has 0 aliphatic heterocycles. The number of aromatic nitrogens is 2. The van der Waals surface area contributed by atoms with Crippen LogP contribution < -0.4 is 0 Å². The largest absolute Gasteiger partial charge is 0.223 e. The van der Waals surface area contributed by atoms with E-state index in [1.165, 1.54) is 11.8 Å². The van der Waals surface area contributed by atoms with Gasteiger partial charge in [-0.25, -0.2) is 4.68 Å². The summed E-state index contributed by atoms with van der Waals surface area (Å²) in [6.45, 7) is 3.65. The molecule has 0 N–H and O–H groups in total. The third-order valence-corrected chi connectivity index (χ3v) is 2.70. The van der Waals surface area contributed by atoms with Gasteiger partial charge < -0.3 is 0 Å². The predicted octanol–water partition coefficient (Wildman–Crippen LogP) is 2.05. The van der Waals surface area contributed by atoms with Gasteiger partial charge in [-0.15, -0.1) is 0 Å². The Hall–Kier alpha value is -0.860. The Morgan fingerprint density at radius 1 is 1.69 bits per heavy atom. The SMILES string of the molecule is CC(C)(C#N)SC(=S)n1cccn1. The highest BCUT2D eigenvalue weighted by Gasteiger charge is 2.20. The summed E-state index contributed by atoms with van der Waals surface area (Å²) in [5.41, 5.74) is 0. The maximum absolute atomic E-state index is 8.78. The fourth-order valence-corrected chi connectivity index (χ4v) is 2.08. The Morgan fingerprint density at radius 3 is 2.85 bits per heavy atom. The van der Waals surface area contributed by atoms with Crippen molar-refractivity contribution in [2.45, 2.75) is 18.6 Å². The summed E-state index contributed by atoms with van der Waals surface area (Å²) in [5, 5.41) is 12.8. The summed E-state index contributed by atoms with van der Waals surface area (Å²) in [6, 6.07) is 3.97. The minimum Gasteiger partial charge on any atom is -0.223 e. The highest BCUT2D eigenvalue weighted by molar-refractivity contribution is 8.24. The lowest BCUT2D eigenvalue weighted by Crippen LogP contribution is -2.17. The van der Waals surface area contributed by atoms with E-state index in [0.29, 0.717) is 4.32 Å². The molecule has 0 saturated heterocycles. The van der Waals surface area contributed by atoms with E-state index in [2.05, 4.69) is 11.2 Å². The van der Waals surface area contributed by atoms with Crippen molar-refractivity contribution in [1.29, 1.82) is 5.26 Å². The van der Waals surface area contributed by atoms with Gasteiger partial charge in [0.2, 0.25) is 0 Å². The van der Waals surface area contributed by atoms with Gasteiger partial charge in [0, 0.05) is 12.4 Å². The summed E-state index contributed by atoms with van der Waals surface area (Å²) in [6.07, 6.45) is 3.43. The minimum atomic E-state index is -0.497. The third-order valence-electron chi connectivity index (χ3n) is 1.30. The first kappa shape index (κ1) is 10.2. The maximum Gasteiger partial charge on any atom is 0.162 e. The topological polar surface area (TPSA) is 41.6 Å². The van der Waals surface area contributed by atoms with Crippen LogP contribution in [0.25, 0.3) is 0 Å². The molecular weight excluding hydrogens is 202 g/mol. The van der Waals surface area contributed by atoms with Crippen LogP contribution in [-0.4, -0.2) is 18.8 Å². The first-order valence-electron chi connectivity index (χ1n) is 3.69. The number of hydrogen-bond donors (Lipinski definition) is 0.